The van der Waals surface area contributed by atoms with E-state index in [0.29, 0.717) is 25.0 Å². The van der Waals surface area contributed by atoms with Crippen LogP contribution in [0.25, 0.3) is 0 Å². The maximum absolute atomic E-state index is 13.3. The van der Waals surface area contributed by atoms with E-state index in [9.17, 15) is 9.59 Å². The van der Waals surface area contributed by atoms with E-state index < -0.39 is 5.92 Å². The highest BCUT2D eigenvalue weighted by atomic mass is 16.5. The van der Waals surface area contributed by atoms with Crippen molar-refractivity contribution in [3.63, 3.8) is 0 Å². The fourth-order valence-electron chi connectivity index (χ4n) is 4.85. The summed E-state index contributed by atoms with van der Waals surface area (Å²) in [5.74, 6) is -0.942. The smallest absolute Gasteiger partial charge is 0.336 e. The minimum Gasteiger partial charge on any atom is -0.462 e. The van der Waals surface area contributed by atoms with Crippen molar-refractivity contribution in [2.45, 2.75) is 46.5 Å². The van der Waals surface area contributed by atoms with E-state index in [-0.39, 0.29) is 23.1 Å². The van der Waals surface area contributed by atoms with Crippen molar-refractivity contribution in [3.8, 4) is 0 Å². The number of allylic oxidation sites excluding steroid dienone is 3. The largest absolute Gasteiger partial charge is 0.462 e. The van der Waals surface area contributed by atoms with Crippen LogP contribution in [0.2, 0.25) is 0 Å². The van der Waals surface area contributed by atoms with Gasteiger partial charge in [-0.25, -0.2) is 4.79 Å². The molecule has 166 valence electrons. The Kier molecular flexibility index (Phi) is 6.05. The lowest BCUT2D eigenvalue weighted by Gasteiger charge is -2.41. The summed E-state index contributed by atoms with van der Waals surface area (Å²) in [6.07, 6.45) is 3.27. The minimum absolute atomic E-state index is 0.160. The molecule has 1 aliphatic heterocycles. The average Bonchev–Trinajstić information content (AvgIpc) is 2.73. The Hall–Kier alpha value is -3.14. The first-order valence-electron chi connectivity index (χ1n) is 11.3. The third kappa shape index (κ3) is 4.55. The predicted molar refractivity (Wildman–Crippen MR) is 126 cm³/mol. The van der Waals surface area contributed by atoms with Gasteiger partial charge in [0.2, 0.25) is 0 Å². The molecule has 0 fully saturated rings. The molecule has 2 aromatic carbocycles. The highest BCUT2D eigenvalue weighted by Gasteiger charge is 2.46. The second kappa shape index (κ2) is 8.78. The molecule has 2 aliphatic rings. The van der Waals surface area contributed by atoms with Crippen molar-refractivity contribution in [3.05, 3.63) is 94.3 Å². The molecule has 1 heterocycles. The molecule has 0 radical (unpaired) electrons. The molecule has 2 unspecified atom stereocenters. The van der Waals surface area contributed by atoms with E-state index in [1.54, 1.807) is 0 Å². The summed E-state index contributed by atoms with van der Waals surface area (Å²) in [7, 11) is 0. The second-order valence-electron chi connectivity index (χ2n) is 9.63. The number of ketones is 1. The number of fused-ring (bicyclic) bond motifs is 1. The van der Waals surface area contributed by atoms with Gasteiger partial charge in [-0.2, -0.15) is 0 Å². The lowest BCUT2D eigenvalue weighted by Crippen LogP contribution is -2.43. The third-order valence-corrected chi connectivity index (χ3v) is 6.36. The molecular formula is C28H31NO3. The molecule has 0 amide bonds. The van der Waals surface area contributed by atoms with Crippen molar-refractivity contribution in [2.24, 2.45) is 11.3 Å². The number of esters is 1. The van der Waals surface area contributed by atoms with Gasteiger partial charge in [0.1, 0.15) is 5.78 Å². The zero-order chi connectivity index (χ0) is 22.9. The Morgan fingerprint density at radius 2 is 1.72 bits per heavy atom. The normalized spacial score (nSPS) is 22.0. The van der Waals surface area contributed by atoms with Crippen molar-refractivity contribution < 1.29 is 14.3 Å². The predicted octanol–water partition coefficient (Wildman–Crippen LogP) is 5.24. The van der Waals surface area contributed by atoms with Gasteiger partial charge < -0.3 is 10.1 Å². The Morgan fingerprint density at radius 1 is 1.03 bits per heavy atom. The maximum Gasteiger partial charge on any atom is 0.336 e. The molecule has 4 rings (SSSR count). The highest BCUT2D eigenvalue weighted by molar-refractivity contribution is 5.96. The van der Waals surface area contributed by atoms with Crippen LogP contribution in [0.5, 0.6) is 0 Å². The van der Waals surface area contributed by atoms with Gasteiger partial charge in [0.25, 0.3) is 0 Å². The van der Waals surface area contributed by atoms with E-state index in [1.807, 2.05) is 68.4 Å². The standard InChI is InChI=1S/C28H31NO3/c1-18-10-12-21(13-11-18)25-24(27(31)32-15-14-20-8-6-5-7-9-20)19(2)29-22-16-28(3,4)17-23(30)26(22)25/h5-13,16,25-26,29H,14-15,17H2,1-4H3. The Morgan fingerprint density at radius 3 is 2.41 bits per heavy atom. The molecule has 0 spiro atoms. The summed E-state index contributed by atoms with van der Waals surface area (Å²) in [6.45, 7) is 8.38. The van der Waals surface area contributed by atoms with Gasteiger partial charge in [-0.3, -0.25) is 4.79 Å². The van der Waals surface area contributed by atoms with Crippen LogP contribution < -0.4 is 5.32 Å². The summed E-state index contributed by atoms with van der Waals surface area (Å²) in [5, 5.41) is 3.37. The summed E-state index contributed by atoms with van der Waals surface area (Å²) in [5.41, 5.74) is 5.23. The number of nitrogens with one attached hydrogen (secondary N) is 1. The first kappa shape index (κ1) is 22.1. The van der Waals surface area contributed by atoms with Crippen molar-refractivity contribution in [1.82, 2.24) is 5.32 Å². The van der Waals surface area contributed by atoms with Crippen molar-refractivity contribution in [2.75, 3.05) is 6.61 Å². The summed E-state index contributed by atoms with van der Waals surface area (Å²) in [6, 6.07) is 18.1. The number of carbonyl (C=O) groups excluding carboxylic acids is 2. The quantitative estimate of drug-likeness (QED) is 0.661. The molecule has 2 aromatic rings. The zero-order valence-corrected chi connectivity index (χ0v) is 19.3. The summed E-state index contributed by atoms with van der Waals surface area (Å²) < 4.78 is 5.72. The van der Waals surface area contributed by atoms with Gasteiger partial charge in [0.05, 0.1) is 18.1 Å². The number of aryl methyl sites for hydroxylation is 1. The molecule has 0 saturated heterocycles. The zero-order valence-electron chi connectivity index (χ0n) is 19.3. The van der Waals surface area contributed by atoms with Crippen LogP contribution in [-0.2, 0) is 20.7 Å². The lowest BCUT2D eigenvalue weighted by atomic mass is 9.66. The first-order valence-corrected chi connectivity index (χ1v) is 11.3. The number of Topliss-reactive ketones (excluding diaryl/α,β-unsaturated/α-hetero) is 1. The molecule has 4 heteroatoms. The fourth-order valence-corrected chi connectivity index (χ4v) is 4.85. The van der Waals surface area contributed by atoms with Crippen LogP contribution in [0.1, 0.15) is 49.8 Å². The summed E-state index contributed by atoms with van der Waals surface area (Å²) in [4.78, 5) is 26.6. The van der Waals surface area contributed by atoms with E-state index in [0.717, 1.165) is 28.1 Å². The van der Waals surface area contributed by atoms with Gasteiger partial charge in [-0.05, 0) is 30.4 Å². The van der Waals surface area contributed by atoms with Gasteiger partial charge in [-0.1, -0.05) is 80.1 Å². The van der Waals surface area contributed by atoms with Gasteiger partial charge in [0, 0.05) is 30.2 Å². The number of ether oxygens (including phenoxy) is 1. The van der Waals surface area contributed by atoms with Crippen molar-refractivity contribution >= 4 is 11.8 Å². The van der Waals surface area contributed by atoms with Crippen LogP contribution >= 0.6 is 0 Å². The van der Waals surface area contributed by atoms with E-state index in [4.69, 9.17) is 4.74 Å². The second-order valence-corrected chi connectivity index (χ2v) is 9.63. The molecule has 2 atom stereocenters. The van der Waals surface area contributed by atoms with Crippen molar-refractivity contribution in [1.29, 1.82) is 0 Å². The number of carbonyl (C=O) groups is 2. The first-order chi connectivity index (χ1) is 15.2. The average molecular weight is 430 g/mol. The molecule has 1 N–H and O–H groups in total. The van der Waals surface area contributed by atoms with E-state index in [1.165, 1.54) is 0 Å². The Bertz CT molecular complexity index is 1080. The Labute approximate surface area is 190 Å². The van der Waals surface area contributed by atoms with Crippen LogP contribution in [-0.4, -0.2) is 18.4 Å². The van der Waals surface area contributed by atoms with Crippen LogP contribution in [0.4, 0.5) is 0 Å². The number of hydrogen-bond acceptors (Lipinski definition) is 4. The maximum atomic E-state index is 13.3. The van der Waals surface area contributed by atoms with Gasteiger partial charge >= 0.3 is 5.97 Å². The van der Waals surface area contributed by atoms with E-state index >= 15 is 0 Å². The van der Waals surface area contributed by atoms with Gasteiger partial charge in [-0.15, -0.1) is 0 Å². The minimum atomic E-state index is -0.397. The molecule has 1 aliphatic carbocycles. The van der Waals surface area contributed by atoms with Crippen LogP contribution in [0, 0.1) is 18.3 Å². The number of hydrogen-bond donors (Lipinski definition) is 1. The molecular weight excluding hydrogens is 398 g/mol. The number of rotatable bonds is 5. The molecule has 0 bridgehead atoms. The van der Waals surface area contributed by atoms with E-state index in [2.05, 4.69) is 25.2 Å². The SMILES string of the molecule is CC1=C(C(=O)OCCc2ccccc2)C(c2ccc(C)cc2)C2C(=O)CC(C)(C)C=C2N1. The molecule has 4 nitrogen and oxygen atoms in total. The van der Waals surface area contributed by atoms with Gasteiger partial charge in [0.15, 0.2) is 0 Å². The molecule has 0 aromatic heterocycles. The third-order valence-electron chi connectivity index (χ3n) is 6.36. The topological polar surface area (TPSA) is 55.4 Å². The molecule has 0 saturated carbocycles. The van der Waals surface area contributed by atoms with Crippen LogP contribution in [0.3, 0.4) is 0 Å². The fraction of sp³-hybridized carbons (Fsp3) is 0.357. The number of benzene rings is 2. The molecule has 32 heavy (non-hydrogen) atoms. The monoisotopic (exact) mass is 429 g/mol. The van der Waals surface area contributed by atoms with Crippen LogP contribution in [0.15, 0.2) is 77.6 Å². The highest BCUT2D eigenvalue weighted by Crippen LogP contribution is 2.47. The lowest BCUT2D eigenvalue weighted by molar-refractivity contribution is -0.139. The summed E-state index contributed by atoms with van der Waals surface area (Å²) >= 11 is 0. The Balaban J connectivity index is 1.67.